The van der Waals surface area contributed by atoms with Gasteiger partial charge in [0.25, 0.3) is 5.91 Å². The molecule has 0 saturated heterocycles. The van der Waals surface area contributed by atoms with Crippen LogP contribution in [0, 0.1) is 5.82 Å². The number of ether oxygens (including phenoxy) is 1. The van der Waals surface area contributed by atoms with Gasteiger partial charge in [-0.25, -0.2) is 14.4 Å². The summed E-state index contributed by atoms with van der Waals surface area (Å²) in [5.41, 5.74) is -2.15. The molecule has 2 amide bonds. The van der Waals surface area contributed by atoms with Crippen LogP contribution in [0.25, 0.3) is 0 Å². The number of rotatable bonds is 7. The van der Waals surface area contributed by atoms with Crippen LogP contribution in [0.1, 0.15) is 47.4 Å². The normalized spacial score (nSPS) is 15.1. The van der Waals surface area contributed by atoms with Crippen LogP contribution in [0.3, 0.4) is 0 Å². The summed E-state index contributed by atoms with van der Waals surface area (Å²) in [6, 6.07) is 3.29. The average molecular weight is 568 g/mol. The number of aromatic nitrogens is 3. The first-order valence-electron chi connectivity index (χ1n) is 10.6. The van der Waals surface area contributed by atoms with E-state index in [0.717, 1.165) is 24.4 Å². The minimum absolute atomic E-state index is 0.152. The van der Waals surface area contributed by atoms with E-state index in [1.807, 2.05) is 0 Å². The van der Waals surface area contributed by atoms with Gasteiger partial charge < -0.3 is 15.4 Å². The Labute approximate surface area is 210 Å². The molecule has 1 aromatic carbocycles. The summed E-state index contributed by atoms with van der Waals surface area (Å²) < 4.78 is 60.2. The summed E-state index contributed by atoms with van der Waals surface area (Å²) in [5, 5.41) is 5.27. The lowest BCUT2D eigenvalue weighted by atomic mass is 10.1. The smallest absolute Gasteiger partial charge is 0.420 e. The summed E-state index contributed by atoms with van der Waals surface area (Å²) in [5.74, 6) is -2.70. The van der Waals surface area contributed by atoms with Crippen LogP contribution in [0.4, 0.5) is 17.6 Å². The Morgan fingerprint density at radius 1 is 1.14 bits per heavy atom. The summed E-state index contributed by atoms with van der Waals surface area (Å²) in [6.07, 6.45) is 1.05. The Morgan fingerprint density at radius 2 is 1.83 bits per heavy atom. The molecule has 13 heteroatoms. The van der Waals surface area contributed by atoms with Crippen molar-refractivity contribution in [2.24, 2.45) is 0 Å². The fraction of sp³-hybridized carbons (Fsp3) is 0.261. The van der Waals surface area contributed by atoms with Crippen molar-refractivity contribution >= 4 is 27.7 Å². The molecule has 1 fully saturated rings. The highest BCUT2D eigenvalue weighted by Crippen LogP contribution is 2.40. The van der Waals surface area contributed by atoms with Gasteiger partial charge in [-0.1, -0.05) is 15.9 Å². The van der Waals surface area contributed by atoms with E-state index < -0.39 is 46.7 Å². The van der Waals surface area contributed by atoms with E-state index in [-0.39, 0.29) is 21.5 Å². The molecule has 1 aliphatic carbocycles. The molecule has 1 aliphatic rings. The van der Waals surface area contributed by atoms with Gasteiger partial charge in [0.15, 0.2) is 5.82 Å². The SMILES string of the molecule is CC(NC(=O)C1(NC(=O)c2cncnc2)CC1)c1ncc(Oc2ccc(Br)cc2C(F)(F)F)cc1F. The number of pyridine rings is 1. The van der Waals surface area contributed by atoms with Gasteiger partial charge in [-0.3, -0.25) is 14.6 Å². The molecule has 4 rings (SSSR count). The lowest BCUT2D eigenvalue weighted by molar-refractivity contribution is -0.138. The van der Waals surface area contributed by atoms with Gasteiger partial charge in [0, 0.05) is 22.9 Å². The molecule has 0 radical (unpaired) electrons. The predicted octanol–water partition coefficient (Wildman–Crippen LogP) is 4.72. The van der Waals surface area contributed by atoms with E-state index in [9.17, 15) is 27.2 Å². The Hall–Kier alpha value is -3.61. The van der Waals surface area contributed by atoms with Gasteiger partial charge in [-0.2, -0.15) is 13.2 Å². The zero-order valence-corrected chi connectivity index (χ0v) is 20.2. The number of halogens is 5. The Balaban J connectivity index is 1.44. The zero-order chi connectivity index (χ0) is 26.1. The highest BCUT2D eigenvalue weighted by atomic mass is 79.9. The minimum atomic E-state index is -4.69. The van der Waals surface area contributed by atoms with Crippen LogP contribution < -0.4 is 15.4 Å². The molecule has 2 heterocycles. The molecule has 8 nitrogen and oxygen atoms in total. The van der Waals surface area contributed by atoms with Gasteiger partial charge in [0.05, 0.1) is 29.1 Å². The van der Waals surface area contributed by atoms with E-state index >= 15 is 0 Å². The van der Waals surface area contributed by atoms with Crippen LogP contribution in [-0.2, 0) is 11.0 Å². The van der Waals surface area contributed by atoms with Crippen molar-refractivity contribution in [2.45, 2.75) is 37.5 Å². The van der Waals surface area contributed by atoms with E-state index in [1.165, 1.54) is 31.7 Å². The van der Waals surface area contributed by atoms with Crippen LogP contribution in [0.5, 0.6) is 11.5 Å². The molecule has 0 bridgehead atoms. The summed E-state index contributed by atoms with van der Waals surface area (Å²) in [4.78, 5) is 36.7. The Kier molecular flexibility index (Phi) is 6.94. The van der Waals surface area contributed by atoms with Crippen molar-refractivity contribution < 1.29 is 31.9 Å². The van der Waals surface area contributed by atoms with Gasteiger partial charge in [-0.05, 0) is 38.0 Å². The summed E-state index contributed by atoms with van der Waals surface area (Å²) >= 11 is 2.98. The van der Waals surface area contributed by atoms with Crippen LogP contribution in [-0.4, -0.2) is 32.3 Å². The Bertz CT molecular complexity index is 1300. The zero-order valence-electron chi connectivity index (χ0n) is 18.6. The quantitative estimate of drug-likeness (QED) is 0.400. The van der Waals surface area contributed by atoms with Crippen LogP contribution >= 0.6 is 15.9 Å². The second-order valence-corrected chi connectivity index (χ2v) is 9.05. The molecule has 1 atom stereocenters. The maximum atomic E-state index is 14.8. The topological polar surface area (TPSA) is 106 Å². The maximum absolute atomic E-state index is 14.8. The molecular weight excluding hydrogens is 550 g/mol. The fourth-order valence-corrected chi connectivity index (χ4v) is 3.75. The first-order chi connectivity index (χ1) is 17.0. The summed E-state index contributed by atoms with van der Waals surface area (Å²) in [6.45, 7) is 1.49. The number of nitrogens with zero attached hydrogens (tertiary/aromatic N) is 3. The highest BCUT2D eigenvalue weighted by Gasteiger charge is 2.51. The molecule has 3 aromatic rings. The van der Waals surface area contributed by atoms with Crippen LogP contribution in [0.15, 0.2) is 53.7 Å². The van der Waals surface area contributed by atoms with E-state index in [1.54, 1.807) is 0 Å². The Morgan fingerprint density at radius 3 is 2.44 bits per heavy atom. The number of carbonyl (C=O) groups excluding carboxylic acids is 2. The lowest BCUT2D eigenvalue weighted by Crippen LogP contribution is -2.49. The van der Waals surface area contributed by atoms with E-state index in [0.29, 0.717) is 12.8 Å². The molecule has 36 heavy (non-hydrogen) atoms. The number of hydrogen-bond acceptors (Lipinski definition) is 6. The van der Waals surface area contributed by atoms with E-state index in [2.05, 4.69) is 41.5 Å². The predicted molar refractivity (Wildman–Crippen MR) is 121 cm³/mol. The number of alkyl halides is 3. The third-order valence-corrected chi connectivity index (χ3v) is 5.93. The molecular formula is C23H18BrF4N5O3. The molecule has 1 unspecified atom stereocenters. The second kappa shape index (κ2) is 9.80. The second-order valence-electron chi connectivity index (χ2n) is 8.14. The van der Waals surface area contributed by atoms with Crippen molar-refractivity contribution in [3.63, 3.8) is 0 Å². The molecule has 188 valence electrons. The van der Waals surface area contributed by atoms with Crippen molar-refractivity contribution in [2.75, 3.05) is 0 Å². The number of carbonyl (C=O) groups is 2. The molecule has 1 saturated carbocycles. The van der Waals surface area contributed by atoms with Gasteiger partial charge in [0.2, 0.25) is 5.91 Å². The van der Waals surface area contributed by atoms with Crippen molar-refractivity contribution in [1.82, 2.24) is 25.6 Å². The van der Waals surface area contributed by atoms with Gasteiger partial charge in [0.1, 0.15) is 23.4 Å². The monoisotopic (exact) mass is 567 g/mol. The number of amides is 2. The average Bonchev–Trinajstić information content (AvgIpc) is 3.61. The third kappa shape index (κ3) is 5.61. The number of hydrogen-bond donors (Lipinski definition) is 2. The molecule has 2 N–H and O–H groups in total. The molecule has 0 aliphatic heterocycles. The molecule has 0 spiro atoms. The van der Waals surface area contributed by atoms with Crippen LogP contribution in [0.2, 0.25) is 0 Å². The van der Waals surface area contributed by atoms with Crippen molar-refractivity contribution in [3.05, 3.63) is 76.3 Å². The third-order valence-electron chi connectivity index (χ3n) is 5.44. The number of nitrogens with one attached hydrogen (secondary N) is 2. The van der Waals surface area contributed by atoms with Gasteiger partial charge in [-0.15, -0.1) is 0 Å². The lowest BCUT2D eigenvalue weighted by Gasteiger charge is -2.21. The first kappa shape index (κ1) is 25.5. The minimum Gasteiger partial charge on any atom is -0.455 e. The fourth-order valence-electron chi connectivity index (χ4n) is 3.39. The highest BCUT2D eigenvalue weighted by molar-refractivity contribution is 9.10. The van der Waals surface area contributed by atoms with E-state index in [4.69, 9.17) is 4.74 Å². The largest absolute Gasteiger partial charge is 0.455 e. The van der Waals surface area contributed by atoms with Gasteiger partial charge >= 0.3 is 6.18 Å². The maximum Gasteiger partial charge on any atom is 0.420 e. The molecule has 2 aromatic heterocycles. The van der Waals surface area contributed by atoms with Crippen molar-refractivity contribution in [1.29, 1.82) is 0 Å². The first-order valence-corrected chi connectivity index (χ1v) is 11.4. The summed E-state index contributed by atoms with van der Waals surface area (Å²) in [7, 11) is 0. The number of benzene rings is 1. The standard InChI is InChI=1S/C23H18BrF4N5O3/c1-12(32-21(35)22(4-5-22)33-20(34)13-8-29-11-30-9-13)19-17(25)7-15(10-31-19)36-18-3-2-14(24)6-16(18)23(26,27)28/h2-3,6-12H,4-5H2,1H3,(H,32,35)(H,33,34). The van der Waals surface area contributed by atoms with Crippen molar-refractivity contribution in [3.8, 4) is 11.5 Å².